The summed E-state index contributed by atoms with van der Waals surface area (Å²) in [6.07, 6.45) is 6.97. The normalized spacial score (nSPS) is 26.8. The smallest absolute Gasteiger partial charge is 0.140 e. The van der Waals surface area contributed by atoms with Gasteiger partial charge in [0.25, 0.3) is 0 Å². The number of hydrogen-bond donors (Lipinski definition) is 1. The van der Waals surface area contributed by atoms with Crippen LogP contribution < -0.4 is 5.32 Å². The van der Waals surface area contributed by atoms with Crippen molar-refractivity contribution in [3.63, 3.8) is 0 Å². The second-order valence-electron chi connectivity index (χ2n) is 4.65. The highest BCUT2D eigenvalue weighted by Crippen LogP contribution is 2.23. The van der Waals surface area contributed by atoms with Crippen LogP contribution in [-0.4, -0.2) is 20.8 Å². The second-order valence-corrected chi connectivity index (χ2v) is 4.65. The third-order valence-corrected chi connectivity index (χ3v) is 3.29. The summed E-state index contributed by atoms with van der Waals surface area (Å²) in [5.74, 6) is 1.89. The average Bonchev–Trinajstić information content (AvgIpc) is 2.61. The fraction of sp³-hybridized carbons (Fsp3) is 0.818. The predicted octanol–water partition coefficient (Wildman–Crippen LogP) is 1.48. The van der Waals surface area contributed by atoms with Gasteiger partial charge in [-0.05, 0) is 18.8 Å². The molecule has 1 aromatic rings. The minimum Gasteiger partial charge on any atom is -0.307 e. The van der Waals surface area contributed by atoms with E-state index in [1.54, 1.807) is 6.33 Å². The summed E-state index contributed by atoms with van der Waals surface area (Å²) in [6, 6.07) is 0.672. The van der Waals surface area contributed by atoms with Gasteiger partial charge in [-0.2, -0.15) is 5.10 Å². The Morgan fingerprint density at radius 3 is 3.07 bits per heavy atom. The van der Waals surface area contributed by atoms with E-state index in [1.165, 1.54) is 25.7 Å². The van der Waals surface area contributed by atoms with Crippen molar-refractivity contribution in [2.24, 2.45) is 13.0 Å². The Morgan fingerprint density at radius 2 is 2.40 bits per heavy atom. The maximum absolute atomic E-state index is 4.21. The number of nitrogens with zero attached hydrogens (tertiary/aromatic N) is 3. The number of aryl methyl sites for hydroxylation is 1. The van der Waals surface area contributed by atoms with Crippen LogP contribution in [-0.2, 0) is 13.6 Å². The Balaban J connectivity index is 1.80. The van der Waals surface area contributed by atoms with E-state index in [2.05, 4.69) is 22.3 Å². The molecule has 0 saturated heterocycles. The van der Waals surface area contributed by atoms with Gasteiger partial charge < -0.3 is 5.32 Å². The molecule has 0 aliphatic heterocycles. The monoisotopic (exact) mass is 208 g/mol. The van der Waals surface area contributed by atoms with Gasteiger partial charge in [0.15, 0.2) is 0 Å². The van der Waals surface area contributed by atoms with E-state index in [4.69, 9.17) is 0 Å². The van der Waals surface area contributed by atoms with E-state index in [9.17, 15) is 0 Å². The van der Waals surface area contributed by atoms with E-state index >= 15 is 0 Å². The standard InChI is InChI=1S/C11H20N4/c1-9-4-3-5-10(6-9)12-7-11-13-8-14-15(11)2/h8-10,12H,3-7H2,1-2H3. The predicted molar refractivity (Wildman–Crippen MR) is 59.3 cm³/mol. The summed E-state index contributed by atoms with van der Waals surface area (Å²) in [5, 5.41) is 7.63. The van der Waals surface area contributed by atoms with Crippen LogP contribution >= 0.6 is 0 Å². The van der Waals surface area contributed by atoms with Gasteiger partial charge in [-0.3, -0.25) is 4.68 Å². The third-order valence-electron chi connectivity index (χ3n) is 3.29. The van der Waals surface area contributed by atoms with E-state index in [0.717, 1.165) is 18.3 Å². The molecule has 2 unspecified atom stereocenters. The summed E-state index contributed by atoms with van der Waals surface area (Å²) >= 11 is 0. The lowest BCUT2D eigenvalue weighted by molar-refractivity contribution is 0.298. The SMILES string of the molecule is CC1CCCC(NCc2ncnn2C)C1. The fourth-order valence-electron chi connectivity index (χ4n) is 2.34. The highest BCUT2D eigenvalue weighted by atomic mass is 15.3. The van der Waals surface area contributed by atoms with Crippen molar-refractivity contribution in [1.29, 1.82) is 0 Å². The molecular weight excluding hydrogens is 188 g/mol. The molecule has 4 nitrogen and oxygen atoms in total. The quantitative estimate of drug-likeness (QED) is 0.818. The summed E-state index contributed by atoms with van der Waals surface area (Å²) in [6.45, 7) is 3.18. The summed E-state index contributed by atoms with van der Waals surface area (Å²) in [5.41, 5.74) is 0. The van der Waals surface area contributed by atoms with Gasteiger partial charge in [-0.15, -0.1) is 0 Å². The van der Waals surface area contributed by atoms with Crippen molar-refractivity contribution in [2.75, 3.05) is 0 Å². The van der Waals surface area contributed by atoms with Crippen molar-refractivity contribution in [3.05, 3.63) is 12.2 Å². The van der Waals surface area contributed by atoms with Crippen LogP contribution in [0.5, 0.6) is 0 Å². The zero-order valence-electron chi connectivity index (χ0n) is 9.61. The van der Waals surface area contributed by atoms with Gasteiger partial charge in [-0.25, -0.2) is 4.98 Å². The van der Waals surface area contributed by atoms with Gasteiger partial charge in [0.05, 0.1) is 6.54 Å². The highest BCUT2D eigenvalue weighted by molar-refractivity contribution is 4.85. The first-order valence-corrected chi connectivity index (χ1v) is 5.82. The second kappa shape index (κ2) is 4.75. The molecule has 1 fully saturated rings. The van der Waals surface area contributed by atoms with Gasteiger partial charge >= 0.3 is 0 Å². The van der Waals surface area contributed by atoms with Crippen molar-refractivity contribution in [1.82, 2.24) is 20.1 Å². The first-order chi connectivity index (χ1) is 7.25. The number of aromatic nitrogens is 3. The molecule has 1 saturated carbocycles. The molecule has 1 aliphatic carbocycles. The van der Waals surface area contributed by atoms with Gasteiger partial charge in [-0.1, -0.05) is 19.8 Å². The van der Waals surface area contributed by atoms with Gasteiger partial charge in [0, 0.05) is 13.1 Å². The van der Waals surface area contributed by atoms with E-state index < -0.39 is 0 Å². The van der Waals surface area contributed by atoms with Crippen LogP contribution in [0.3, 0.4) is 0 Å². The lowest BCUT2D eigenvalue weighted by Crippen LogP contribution is -2.33. The molecule has 1 N–H and O–H groups in total. The number of hydrogen-bond acceptors (Lipinski definition) is 3. The molecule has 0 spiro atoms. The Labute approximate surface area is 91.1 Å². The molecule has 1 aromatic heterocycles. The molecule has 0 amide bonds. The Hall–Kier alpha value is -0.900. The number of nitrogens with one attached hydrogen (secondary N) is 1. The van der Waals surface area contributed by atoms with Crippen LogP contribution in [0.4, 0.5) is 0 Å². The average molecular weight is 208 g/mol. The first kappa shape index (κ1) is 10.6. The minimum absolute atomic E-state index is 0.672. The molecule has 2 rings (SSSR count). The molecule has 84 valence electrons. The third kappa shape index (κ3) is 2.78. The van der Waals surface area contributed by atoms with Crippen LogP contribution in [0.15, 0.2) is 6.33 Å². The maximum Gasteiger partial charge on any atom is 0.140 e. The molecule has 2 atom stereocenters. The lowest BCUT2D eigenvalue weighted by Gasteiger charge is -2.27. The summed E-state index contributed by atoms with van der Waals surface area (Å²) in [7, 11) is 1.94. The van der Waals surface area contributed by atoms with Crippen molar-refractivity contribution in [3.8, 4) is 0 Å². The Bertz CT molecular complexity index is 307. The number of rotatable bonds is 3. The van der Waals surface area contributed by atoms with Crippen molar-refractivity contribution >= 4 is 0 Å². The lowest BCUT2D eigenvalue weighted by atomic mass is 9.87. The largest absolute Gasteiger partial charge is 0.307 e. The topological polar surface area (TPSA) is 42.7 Å². The van der Waals surface area contributed by atoms with Crippen LogP contribution in [0.1, 0.15) is 38.4 Å². The van der Waals surface area contributed by atoms with Crippen molar-refractivity contribution in [2.45, 2.75) is 45.2 Å². The summed E-state index contributed by atoms with van der Waals surface area (Å²) in [4.78, 5) is 4.21. The molecule has 0 radical (unpaired) electrons. The fourth-order valence-corrected chi connectivity index (χ4v) is 2.34. The van der Waals surface area contributed by atoms with Crippen LogP contribution in [0.25, 0.3) is 0 Å². The van der Waals surface area contributed by atoms with Crippen LogP contribution in [0, 0.1) is 5.92 Å². The summed E-state index contributed by atoms with van der Waals surface area (Å²) < 4.78 is 1.83. The zero-order valence-corrected chi connectivity index (χ0v) is 9.61. The molecule has 1 aliphatic rings. The molecular formula is C11H20N4. The van der Waals surface area contributed by atoms with Gasteiger partial charge in [0.1, 0.15) is 12.2 Å². The molecule has 4 heteroatoms. The van der Waals surface area contributed by atoms with E-state index in [-0.39, 0.29) is 0 Å². The maximum atomic E-state index is 4.21. The minimum atomic E-state index is 0.672. The Kier molecular flexibility index (Phi) is 3.36. The van der Waals surface area contributed by atoms with Crippen LogP contribution in [0.2, 0.25) is 0 Å². The molecule has 1 heterocycles. The van der Waals surface area contributed by atoms with E-state index in [1.807, 2.05) is 11.7 Å². The molecule has 0 bridgehead atoms. The first-order valence-electron chi connectivity index (χ1n) is 5.82. The van der Waals surface area contributed by atoms with E-state index in [0.29, 0.717) is 6.04 Å². The molecule has 0 aromatic carbocycles. The Morgan fingerprint density at radius 1 is 1.53 bits per heavy atom. The molecule has 15 heavy (non-hydrogen) atoms. The van der Waals surface area contributed by atoms with Gasteiger partial charge in [0.2, 0.25) is 0 Å². The zero-order chi connectivity index (χ0) is 10.7. The highest BCUT2D eigenvalue weighted by Gasteiger charge is 2.18. The van der Waals surface area contributed by atoms with Crippen molar-refractivity contribution < 1.29 is 0 Å².